The van der Waals surface area contributed by atoms with Gasteiger partial charge >= 0.3 is 0 Å². The molecule has 3 aromatic rings. The fourth-order valence-corrected chi connectivity index (χ4v) is 3.58. The molecule has 1 aromatic carbocycles. The van der Waals surface area contributed by atoms with Crippen LogP contribution in [0.5, 0.6) is 0 Å². The van der Waals surface area contributed by atoms with Crippen LogP contribution < -0.4 is 0 Å². The molecule has 0 spiro atoms. The molecular formula is C18H19Cl2N3O4. The molecule has 0 aliphatic carbocycles. The van der Waals surface area contributed by atoms with Crippen molar-refractivity contribution >= 4 is 34.2 Å². The van der Waals surface area contributed by atoms with Crippen molar-refractivity contribution in [3.05, 3.63) is 46.7 Å². The van der Waals surface area contributed by atoms with Gasteiger partial charge in [0.1, 0.15) is 25.3 Å². The Hall–Kier alpha value is -1.64. The normalized spacial score (nSPS) is 22.9. The molecule has 1 fully saturated rings. The molecule has 0 amide bonds. The number of halogens is 2. The minimum atomic E-state index is -1.16. The molecule has 0 unspecified atom stereocenters. The van der Waals surface area contributed by atoms with E-state index in [1.54, 1.807) is 23.1 Å². The van der Waals surface area contributed by atoms with Crippen molar-refractivity contribution in [3.63, 3.8) is 0 Å². The number of nitrogens with zero attached hydrogens (tertiary/aromatic N) is 3. The molecule has 27 heavy (non-hydrogen) atoms. The summed E-state index contributed by atoms with van der Waals surface area (Å²) in [6.45, 7) is 5.01. The maximum atomic E-state index is 6.28. The maximum absolute atomic E-state index is 6.28. The van der Waals surface area contributed by atoms with E-state index in [-0.39, 0.29) is 18.8 Å². The highest BCUT2D eigenvalue weighted by atomic mass is 35.5. The van der Waals surface area contributed by atoms with Crippen LogP contribution in [0.1, 0.15) is 19.6 Å². The molecule has 0 saturated carbocycles. The van der Waals surface area contributed by atoms with Crippen molar-refractivity contribution in [1.29, 1.82) is 0 Å². The second-order valence-electron chi connectivity index (χ2n) is 6.70. The summed E-state index contributed by atoms with van der Waals surface area (Å²) >= 11 is 12.4. The van der Waals surface area contributed by atoms with Crippen molar-refractivity contribution in [2.45, 2.75) is 38.4 Å². The van der Waals surface area contributed by atoms with Crippen LogP contribution in [0.15, 0.2) is 35.3 Å². The average molecular weight is 412 g/mol. The number of hydrogen-bond donors (Lipinski definition) is 0. The van der Waals surface area contributed by atoms with E-state index < -0.39 is 5.79 Å². The zero-order valence-corrected chi connectivity index (χ0v) is 16.4. The lowest BCUT2D eigenvalue weighted by atomic mass is 10.2. The van der Waals surface area contributed by atoms with Crippen molar-refractivity contribution in [2.24, 2.45) is 0 Å². The molecule has 7 nitrogen and oxygen atoms in total. The smallest absolute Gasteiger partial charge is 0.249 e. The van der Waals surface area contributed by atoms with E-state index in [9.17, 15) is 0 Å². The quantitative estimate of drug-likeness (QED) is 0.609. The van der Waals surface area contributed by atoms with Gasteiger partial charge in [0.05, 0.1) is 24.3 Å². The minimum Gasteiger partial charge on any atom is -0.454 e. The SMILES string of the molecule is CC(C)OC[C@H]1CO[C@@](Cn2cncn2)(c2cc3cc(Cl)cc(Cl)c3o2)O1. The molecule has 0 radical (unpaired) electrons. The van der Waals surface area contributed by atoms with E-state index in [4.69, 9.17) is 41.8 Å². The number of benzene rings is 1. The predicted octanol–water partition coefficient (Wildman–Crippen LogP) is 4.02. The topological polar surface area (TPSA) is 71.5 Å². The first-order valence-electron chi connectivity index (χ1n) is 8.60. The van der Waals surface area contributed by atoms with Crippen LogP contribution in [0.4, 0.5) is 0 Å². The Labute approximate surface area is 166 Å². The van der Waals surface area contributed by atoms with Crippen LogP contribution in [0, 0.1) is 0 Å². The number of aromatic nitrogens is 3. The van der Waals surface area contributed by atoms with Gasteiger partial charge in [0, 0.05) is 10.4 Å². The minimum absolute atomic E-state index is 0.103. The largest absolute Gasteiger partial charge is 0.454 e. The highest BCUT2D eigenvalue weighted by molar-refractivity contribution is 6.38. The third-order valence-electron chi connectivity index (χ3n) is 4.22. The summed E-state index contributed by atoms with van der Waals surface area (Å²) in [7, 11) is 0. The molecule has 144 valence electrons. The van der Waals surface area contributed by atoms with Gasteiger partial charge in [-0.1, -0.05) is 23.2 Å². The predicted molar refractivity (Wildman–Crippen MR) is 99.8 cm³/mol. The molecule has 9 heteroatoms. The van der Waals surface area contributed by atoms with Gasteiger partial charge in [-0.05, 0) is 32.0 Å². The number of ether oxygens (including phenoxy) is 3. The zero-order valence-electron chi connectivity index (χ0n) is 14.9. The lowest BCUT2D eigenvalue weighted by Crippen LogP contribution is -2.34. The lowest BCUT2D eigenvalue weighted by Gasteiger charge is -2.25. The molecule has 1 aliphatic rings. The Morgan fingerprint density at radius 3 is 2.93 bits per heavy atom. The summed E-state index contributed by atoms with van der Waals surface area (Å²) in [5, 5.41) is 5.89. The van der Waals surface area contributed by atoms with Crippen molar-refractivity contribution in [1.82, 2.24) is 14.8 Å². The highest BCUT2D eigenvalue weighted by Gasteiger charge is 2.47. The Balaban J connectivity index is 1.69. The molecular weight excluding hydrogens is 393 g/mol. The van der Waals surface area contributed by atoms with Crippen LogP contribution in [0.3, 0.4) is 0 Å². The molecule has 0 N–H and O–H groups in total. The van der Waals surface area contributed by atoms with Gasteiger partial charge in [-0.2, -0.15) is 5.10 Å². The third kappa shape index (κ3) is 3.83. The second-order valence-corrected chi connectivity index (χ2v) is 7.54. The summed E-state index contributed by atoms with van der Waals surface area (Å²) in [6, 6.07) is 5.25. The van der Waals surface area contributed by atoms with Gasteiger partial charge in [0.25, 0.3) is 0 Å². The van der Waals surface area contributed by atoms with Crippen LogP contribution in [0.25, 0.3) is 11.0 Å². The second kappa shape index (κ2) is 7.41. The third-order valence-corrected chi connectivity index (χ3v) is 4.72. The van der Waals surface area contributed by atoms with Crippen molar-refractivity contribution < 1.29 is 18.6 Å². The van der Waals surface area contributed by atoms with Crippen LogP contribution >= 0.6 is 23.2 Å². The van der Waals surface area contributed by atoms with E-state index in [0.29, 0.717) is 34.6 Å². The fraction of sp³-hybridized carbons (Fsp3) is 0.444. The number of rotatable bonds is 6. The Morgan fingerprint density at radius 1 is 1.33 bits per heavy atom. The number of furan rings is 1. The molecule has 2 atom stereocenters. The van der Waals surface area contributed by atoms with Gasteiger partial charge in [-0.25, -0.2) is 9.67 Å². The van der Waals surface area contributed by atoms with E-state index in [0.717, 1.165) is 5.39 Å². The van der Waals surface area contributed by atoms with Crippen molar-refractivity contribution in [2.75, 3.05) is 13.2 Å². The summed E-state index contributed by atoms with van der Waals surface area (Å²) in [4.78, 5) is 3.98. The number of hydrogen-bond acceptors (Lipinski definition) is 6. The molecule has 0 bridgehead atoms. The Kier molecular flexibility index (Phi) is 5.13. The standard InChI is InChI=1S/C18H19Cl2N3O4/c1-11(2)24-6-14-7-25-18(27-14,8-23-10-21-9-22-23)16-4-12-3-13(19)5-15(20)17(12)26-16/h3-5,9-11,14H,6-8H2,1-2H3/t14-,18+/m0/s1. The molecule has 4 rings (SSSR count). The summed E-state index contributed by atoms with van der Waals surface area (Å²) in [5.74, 6) is -0.669. The first kappa shape index (κ1) is 18.7. The van der Waals surface area contributed by atoms with Gasteiger partial charge in [-0.15, -0.1) is 0 Å². The van der Waals surface area contributed by atoms with E-state index >= 15 is 0 Å². The zero-order chi connectivity index (χ0) is 19.0. The number of fused-ring (bicyclic) bond motifs is 1. The van der Waals surface area contributed by atoms with Gasteiger partial charge < -0.3 is 18.6 Å². The van der Waals surface area contributed by atoms with Crippen LogP contribution in [0.2, 0.25) is 10.0 Å². The summed E-state index contributed by atoms with van der Waals surface area (Å²) < 4.78 is 25.7. The van der Waals surface area contributed by atoms with E-state index in [1.807, 2.05) is 19.9 Å². The maximum Gasteiger partial charge on any atom is 0.249 e. The van der Waals surface area contributed by atoms with Crippen LogP contribution in [-0.4, -0.2) is 40.2 Å². The highest BCUT2D eigenvalue weighted by Crippen LogP contribution is 2.41. The van der Waals surface area contributed by atoms with Crippen LogP contribution in [-0.2, 0) is 26.5 Å². The molecule has 3 heterocycles. The monoisotopic (exact) mass is 411 g/mol. The first-order valence-corrected chi connectivity index (χ1v) is 9.35. The molecule has 2 aromatic heterocycles. The van der Waals surface area contributed by atoms with Gasteiger partial charge in [0.2, 0.25) is 5.79 Å². The summed E-state index contributed by atoms with van der Waals surface area (Å²) in [5.41, 5.74) is 0.531. The first-order chi connectivity index (χ1) is 12.9. The average Bonchev–Trinajstić information content (AvgIpc) is 3.33. The summed E-state index contributed by atoms with van der Waals surface area (Å²) in [6.07, 6.45) is 2.92. The molecule has 1 aliphatic heterocycles. The Morgan fingerprint density at radius 2 is 2.19 bits per heavy atom. The van der Waals surface area contributed by atoms with Gasteiger partial charge in [0.15, 0.2) is 11.3 Å². The van der Waals surface area contributed by atoms with E-state index in [2.05, 4.69) is 10.1 Å². The Bertz CT molecular complexity index is 928. The van der Waals surface area contributed by atoms with E-state index in [1.165, 1.54) is 6.33 Å². The molecule has 1 saturated heterocycles. The fourth-order valence-electron chi connectivity index (χ4n) is 3.03. The van der Waals surface area contributed by atoms with Gasteiger partial charge in [-0.3, -0.25) is 0 Å². The lowest BCUT2D eigenvalue weighted by molar-refractivity contribution is -0.204. The van der Waals surface area contributed by atoms with Crippen molar-refractivity contribution in [3.8, 4) is 0 Å².